The molecule has 0 saturated carbocycles. The van der Waals surface area contributed by atoms with Crippen LogP contribution in [0, 0.1) is 6.58 Å². The Morgan fingerprint density at radius 1 is 1.60 bits per heavy atom. The minimum Gasteiger partial charge on any atom is -1.00 e. The van der Waals surface area contributed by atoms with Gasteiger partial charge in [0, 0.05) is 0 Å². The predicted molar refractivity (Wildman–Crippen MR) is 42.2 cm³/mol. The van der Waals surface area contributed by atoms with Crippen molar-refractivity contribution in [2.75, 3.05) is 0 Å². The van der Waals surface area contributed by atoms with Crippen LogP contribution in [0.5, 0.6) is 0 Å². The standard InChI is InChI=1S/C5H10O.C2H3.BrH.Mg/c1-3-4-5(2)6;1-2;;/h3,5-6H,1,4H2,2H3;1H,2H2;1H;/q;-1;;+2/p-1/t5-;;;/m1.../s1. The van der Waals surface area contributed by atoms with Crippen molar-refractivity contribution in [2.24, 2.45) is 0 Å². The summed E-state index contributed by atoms with van der Waals surface area (Å²) in [5.74, 6) is 0. The van der Waals surface area contributed by atoms with Crippen molar-refractivity contribution in [2.45, 2.75) is 19.4 Å². The predicted octanol–water partition coefficient (Wildman–Crippen LogP) is -1.83. The van der Waals surface area contributed by atoms with Crippen molar-refractivity contribution in [1.29, 1.82) is 0 Å². The van der Waals surface area contributed by atoms with E-state index in [9.17, 15) is 0 Å². The number of hydrogen-bond donors (Lipinski definition) is 1. The second kappa shape index (κ2) is 22.6. The van der Waals surface area contributed by atoms with Gasteiger partial charge in [0.15, 0.2) is 0 Å². The fourth-order valence-electron chi connectivity index (χ4n) is 0.241. The topological polar surface area (TPSA) is 20.2 Å². The molecule has 0 fully saturated rings. The molecule has 0 aliphatic rings. The Hall–Kier alpha value is 0.686. The molecule has 10 heavy (non-hydrogen) atoms. The fraction of sp³-hybridized carbons (Fsp3) is 0.429. The molecule has 1 N–H and O–H groups in total. The van der Waals surface area contributed by atoms with Crippen LogP contribution in [0.4, 0.5) is 0 Å². The zero-order valence-electron chi connectivity index (χ0n) is 6.39. The summed E-state index contributed by atoms with van der Waals surface area (Å²) in [5.41, 5.74) is 0. The van der Waals surface area contributed by atoms with Crippen LogP contribution in [0.25, 0.3) is 0 Å². The number of hydrogen-bond acceptors (Lipinski definition) is 1. The van der Waals surface area contributed by atoms with Crippen LogP contribution in [-0.2, 0) is 0 Å². The summed E-state index contributed by atoms with van der Waals surface area (Å²) in [5, 5.41) is 8.48. The average Bonchev–Trinajstić information content (AvgIpc) is 1.72. The fourth-order valence-corrected chi connectivity index (χ4v) is 0.241. The molecule has 0 spiro atoms. The molecule has 0 aromatic heterocycles. The van der Waals surface area contributed by atoms with E-state index < -0.39 is 0 Å². The molecule has 0 unspecified atom stereocenters. The smallest absolute Gasteiger partial charge is 1.00 e. The largest absolute Gasteiger partial charge is 2.00 e. The van der Waals surface area contributed by atoms with E-state index in [1.807, 2.05) is 0 Å². The van der Waals surface area contributed by atoms with Gasteiger partial charge in [-0.05, 0) is 13.3 Å². The Labute approximate surface area is 90.1 Å². The van der Waals surface area contributed by atoms with Crippen LogP contribution >= 0.6 is 0 Å². The van der Waals surface area contributed by atoms with Crippen molar-refractivity contribution in [1.82, 2.24) is 0 Å². The monoisotopic (exact) mass is 216 g/mol. The van der Waals surface area contributed by atoms with Crippen LogP contribution in [0.3, 0.4) is 0 Å². The van der Waals surface area contributed by atoms with Gasteiger partial charge in [0.2, 0.25) is 0 Å². The zero-order chi connectivity index (χ0) is 6.99. The second-order valence-corrected chi connectivity index (χ2v) is 1.37. The third-order valence-corrected chi connectivity index (χ3v) is 0.508. The third kappa shape index (κ3) is 37.8. The van der Waals surface area contributed by atoms with E-state index >= 15 is 0 Å². The first kappa shape index (κ1) is 22.4. The first-order valence-electron chi connectivity index (χ1n) is 2.47. The van der Waals surface area contributed by atoms with Crippen LogP contribution < -0.4 is 17.0 Å². The summed E-state index contributed by atoms with van der Waals surface area (Å²) in [4.78, 5) is 0. The molecule has 0 aliphatic heterocycles. The van der Waals surface area contributed by atoms with Gasteiger partial charge >= 0.3 is 23.1 Å². The Bertz CT molecular complexity index is 57.6. The minimum atomic E-state index is -0.220. The van der Waals surface area contributed by atoms with E-state index in [4.69, 9.17) is 5.11 Å². The molecule has 0 radical (unpaired) electrons. The van der Waals surface area contributed by atoms with E-state index in [0.717, 1.165) is 0 Å². The molecule has 0 amide bonds. The van der Waals surface area contributed by atoms with Crippen molar-refractivity contribution in [3.8, 4) is 0 Å². The Morgan fingerprint density at radius 2 is 1.90 bits per heavy atom. The molecule has 56 valence electrons. The van der Waals surface area contributed by atoms with Crippen molar-refractivity contribution < 1.29 is 22.1 Å². The molecule has 0 heterocycles. The van der Waals surface area contributed by atoms with Gasteiger partial charge < -0.3 is 28.7 Å². The maximum absolute atomic E-state index is 8.48. The number of aliphatic hydroxyl groups excluding tert-OH is 1. The van der Waals surface area contributed by atoms with Gasteiger partial charge in [-0.15, -0.1) is 6.58 Å². The number of halogens is 1. The Balaban J connectivity index is -0.0000000412. The normalized spacial score (nSPS) is 8.60. The Kier molecular flexibility index (Phi) is 50.7. The molecule has 3 heteroatoms. The number of rotatable bonds is 2. The third-order valence-electron chi connectivity index (χ3n) is 0.508. The van der Waals surface area contributed by atoms with E-state index in [0.29, 0.717) is 6.42 Å². The van der Waals surface area contributed by atoms with Gasteiger partial charge in [0.05, 0.1) is 6.10 Å². The first-order chi connectivity index (χ1) is 3.77. The molecule has 0 bridgehead atoms. The van der Waals surface area contributed by atoms with Gasteiger partial charge in [-0.2, -0.15) is 0 Å². The van der Waals surface area contributed by atoms with Gasteiger partial charge in [0.25, 0.3) is 0 Å². The summed E-state index contributed by atoms with van der Waals surface area (Å²) in [6.07, 6.45) is 2.17. The van der Waals surface area contributed by atoms with Crippen molar-refractivity contribution in [3.05, 3.63) is 25.8 Å². The van der Waals surface area contributed by atoms with Crippen LogP contribution in [0.15, 0.2) is 19.2 Å². The summed E-state index contributed by atoms with van der Waals surface area (Å²) < 4.78 is 0. The van der Waals surface area contributed by atoms with E-state index in [2.05, 4.69) is 19.7 Å². The molecule has 0 saturated heterocycles. The zero-order valence-corrected chi connectivity index (χ0v) is 9.39. The van der Waals surface area contributed by atoms with Gasteiger partial charge in [0.1, 0.15) is 0 Å². The van der Waals surface area contributed by atoms with E-state index in [1.54, 1.807) is 13.0 Å². The quantitative estimate of drug-likeness (QED) is 0.328. The molecular formula is C7H13BrMgO. The average molecular weight is 217 g/mol. The van der Waals surface area contributed by atoms with Crippen LogP contribution in [-0.4, -0.2) is 34.3 Å². The van der Waals surface area contributed by atoms with Crippen molar-refractivity contribution in [3.63, 3.8) is 0 Å². The summed E-state index contributed by atoms with van der Waals surface area (Å²) in [7, 11) is 0. The number of aliphatic hydroxyl groups is 1. The van der Waals surface area contributed by atoms with Gasteiger partial charge in [-0.3, -0.25) is 6.58 Å². The molecule has 0 rings (SSSR count). The second-order valence-electron chi connectivity index (χ2n) is 1.37. The summed E-state index contributed by atoms with van der Waals surface area (Å²) >= 11 is 0. The maximum Gasteiger partial charge on any atom is 2.00 e. The van der Waals surface area contributed by atoms with E-state index in [1.165, 1.54) is 0 Å². The summed E-state index contributed by atoms with van der Waals surface area (Å²) in [6.45, 7) is 12.2. The molecular weight excluding hydrogens is 204 g/mol. The Morgan fingerprint density at radius 3 is 1.90 bits per heavy atom. The SMILES string of the molecule is C=CC[C@@H](C)O.[Br-].[CH-]=C.[Mg+2]. The van der Waals surface area contributed by atoms with Crippen molar-refractivity contribution >= 4 is 23.1 Å². The summed E-state index contributed by atoms with van der Waals surface area (Å²) in [6, 6.07) is 0. The van der Waals surface area contributed by atoms with Gasteiger partial charge in [-0.25, -0.2) is 0 Å². The van der Waals surface area contributed by atoms with Crippen LogP contribution in [0.2, 0.25) is 0 Å². The molecule has 1 atom stereocenters. The van der Waals surface area contributed by atoms with Gasteiger partial charge in [-0.1, -0.05) is 6.08 Å². The molecule has 0 aromatic rings. The van der Waals surface area contributed by atoms with E-state index in [-0.39, 0.29) is 46.1 Å². The molecule has 1 nitrogen and oxygen atoms in total. The van der Waals surface area contributed by atoms with Crippen LogP contribution in [0.1, 0.15) is 13.3 Å². The molecule has 0 aliphatic carbocycles. The molecule has 0 aromatic carbocycles. The maximum atomic E-state index is 8.48. The minimum absolute atomic E-state index is 0. The first-order valence-corrected chi connectivity index (χ1v) is 2.47.